The second-order valence-electron chi connectivity index (χ2n) is 4.46. The maximum absolute atomic E-state index is 11.7. The summed E-state index contributed by atoms with van der Waals surface area (Å²) < 4.78 is 5.16. The molecule has 1 fully saturated rings. The standard InChI is InChI=1S/C12H23N3O3/c1-3-10(2)14-11(16)4-5-13-12(17)15-6-8-18-9-7-15/h10H,3-9H2,1-2H3,(H,13,17)(H,14,16). The molecule has 0 saturated carbocycles. The van der Waals surface area contributed by atoms with Crippen LogP contribution in [0.2, 0.25) is 0 Å². The molecular weight excluding hydrogens is 234 g/mol. The molecule has 2 N–H and O–H groups in total. The Morgan fingerprint density at radius 1 is 1.33 bits per heavy atom. The smallest absolute Gasteiger partial charge is 0.317 e. The van der Waals surface area contributed by atoms with Gasteiger partial charge in [0.2, 0.25) is 5.91 Å². The van der Waals surface area contributed by atoms with E-state index in [1.54, 1.807) is 4.90 Å². The van der Waals surface area contributed by atoms with Crippen LogP contribution in [0.15, 0.2) is 0 Å². The van der Waals surface area contributed by atoms with E-state index in [1.807, 2.05) is 13.8 Å². The Balaban J connectivity index is 2.12. The average molecular weight is 257 g/mol. The second-order valence-corrected chi connectivity index (χ2v) is 4.46. The van der Waals surface area contributed by atoms with E-state index < -0.39 is 0 Å². The highest BCUT2D eigenvalue weighted by atomic mass is 16.5. The molecule has 6 heteroatoms. The van der Waals surface area contributed by atoms with Crippen molar-refractivity contribution in [2.24, 2.45) is 0 Å². The summed E-state index contributed by atoms with van der Waals surface area (Å²) in [6.45, 7) is 6.76. The minimum Gasteiger partial charge on any atom is -0.378 e. The van der Waals surface area contributed by atoms with Crippen LogP contribution in [0, 0.1) is 0 Å². The zero-order valence-electron chi connectivity index (χ0n) is 11.2. The normalized spacial score (nSPS) is 17.1. The number of amides is 3. The first-order valence-electron chi connectivity index (χ1n) is 6.53. The fraction of sp³-hybridized carbons (Fsp3) is 0.833. The Morgan fingerprint density at radius 2 is 2.00 bits per heavy atom. The Hall–Kier alpha value is -1.30. The van der Waals surface area contributed by atoms with Crippen LogP contribution in [0.4, 0.5) is 4.79 Å². The van der Waals surface area contributed by atoms with Crippen molar-refractivity contribution in [3.8, 4) is 0 Å². The lowest BCUT2D eigenvalue weighted by molar-refractivity contribution is -0.121. The molecule has 1 aliphatic rings. The second kappa shape index (κ2) is 7.92. The van der Waals surface area contributed by atoms with Gasteiger partial charge in [-0.25, -0.2) is 4.79 Å². The number of nitrogens with one attached hydrogen (secondary N) is 2. The molecule has 1 saturated heterocycles. The van der Waals surface area contributed by atoms with Crippen molar-refractivity contribution in [1.29, 1.82) is 0 Å². The van der Waals surface area contributed by atoms with Crippen LogP contribution in [0.3, 0.4) is 0 Å². The quantitative estimate of drug-likeness (QED) is 0.746. The van der Waals surface area contributed by atoms with E-state index in [2.05, 4.69) is 10.6 Å². The van der Waals surface area contributed by atoms with Gasteiger partial charge in [-0.05, 0) is 13.3 Å². The average Bonchev–Trinajstić information content (AvgIpc) is 2.39. The molecule has 0 radical (unpaired) electrons. The summed E-state index contributed by atoms with van der Waals surface area (Å²) in [5.74, 6) is -0.0216. The predicted octanol–water partition coefficient (Wildman–Crippen LogP) is 0.333. The largest absolute Gasteiger partial charge is 0.378 e. The molecule has 0 spiro atoms. The highest BCUT2D eigenvalue weighted by molar-refractivity contribution is 5.78. The minimum absolute atomic E-state index is 0.0216. The molecule has 18 heavy (non-hydrogen) atoms. The van der Waals surface area contributed by atoms with E-state index in [9.17, 15) is 9.59 Å². The van der Waals surface area contributed by atoms with Crippen LogP contribution in [0.25, 0.3) is 0 Å². The molecule has 104 valence electrons. The van der Waals surface area contributed by atoms with Gasteiger partial charge in [-0.1, -0.05) is 6.92 Å². The molecule has 0 aliphatic carbocycles. The summed E-state index contributed by atoms with van der Waals surface area (Å²) in [4.78, 5) is 24.9. The van der Waals surface area contributed by atoms with Gasteiger partial charge in [-0.2, -0.15) is 0 Å². The SMILES string of the molecule is CCC(C)NC(=O)CCNC(=O)N1CCOCC1. The van der Waals surface area contributed by atoms with Gasteiger partial charge in [0.1, 0.15) is 0 Å². The highest BCUT2D eigenvalue weighted by Gasteiger charge is 2.16. The summed E-state index contributed by atoms with van der Waals surface area (Å²) in [7, 11) is 0. The van der Waals surface area contributed by atoms with Crippen molar-refractivity contribution in [3.63, 3.8) is 0 Å². The molecule has 1 heterocycles. The molecule has 1 atom stereocenters. The van der Waals surface area contributed by atoms with Gasteiger partial charge in [0, 0.05) is 32.1 Å². The number of hydrogen-bond acceptors (Lipinski definition) is 3. The van der Waals surface area contributed by atoms with Crippen LogP contribution >= 0.6 is 0 Å². The molecule has 0 aromatic carbocycles. The van der Waals surface area contributed by atoms with Crippen molar-refractivity contribution in [3.05, 3.63) is 0 Å². The third kappa shape index (κ3) is 5.35. The summed E-state index contributed by atoms with van der Waals surface area (Å²) in [5, 5.41) is 5.60. The lowest BCUT2D eigenvalue weighted by atomic mass is 10.2. The molecule has 1 rings (SSSR count). The summed E-state index contributed by atoms with van der Waals surface area (Å²) >= 11 is 0. The number of morpholine rings is 1. The third-order valence-electron chi connectivity index (χ3n) is 2.95. The first-order valence-corrected chi connectivity index (χ1v) is 6.53. The topological polar surface area (TPSA) is 70.7 Å². The van der Waals surface area contributed by atoms with E-state index in [1.165, 1.54) is 0 Å². The molecule has 0 bridgehead atoms. The number of carbonyl (C=O) groups excluding carboxylic acids is 2. The first kappa shape index (κ1) is 14.8. The number of rotatable bonds is 5. The van der Waals surface area contributed by atoms with Crippen molar-refractivity contribution in [2.75, 3.05) is 32.8 Å². The number of hydrogen-bond donors (Lipinski definition) is 2. The molecule has 6 nitrogen and oxygen atoms in total. The highest BCUT2D eigenvalue weighted by Crippen LogP contribution is 1.97. The van der Waals surface area contributed by atoms with Crippen LogP contribution in [-0.4, -0.2) is 55.7 Å². The third-order valence-corrected chi connectivity index (χ3v) is 2.95. The van der Waals surface area contributed by atoms with Gasteiger partial charge in [0.25, 0.3) is 0 Å². The van der Waals surface area contributed by atoms with Crippen molar-refractivity contribution < 1.29 is 14.3 Å². The maximum atomic E-state index is 11.7. The van der Waals surface area contributed by atoms with Crippen LogP contribution in [-0.2, 0) is 9.53 Å². The fourth-order valence-corrected chi connectivity index (χ4v) is 1.61. The molecule has 1 aliphatic heterocycles. The van der Waals surface area contributed by atoms with Gasteiger partial charge in [0.15, 0.2) is 0 Å². The lowest BCUT2D eigenvalue weighted by Crippen LogP contribution is -2.47. The lowest BCUT2D eigenvalue weighted by Gasteiger charge is -2.26. The van der Waals surface area contributed by atoms with Crippen molar-refractivity contribution in [1.82, 2.24) is 15.5 Å². The predicted molar refractivity (Wildman–Crippen MR) is 68.3 cm³/mol. The molecule has 0 aromatic rings. The van der Waals surface area contributed by atoms with Crippen LogP contribution in [0.5, 0.6) is 0 Å². The molecular formula is C12H23N3O3. The minimum atomic E-state index is -0.116. The number of ether oxygens (including phenoxy) is 1. The fourth-order valence-electron chi connectivity index (χ4n) is 1.61. The molecule has 0 aromatic heterocycles. The van der Waals surface area contributed by atoms with E-state index in [0.29, 0.717) is 39.3 Å². The monoisotopic (exact) mass is 257 g/mol. The number of carbonyl (C=O) groups is 2. The van der Waals surface area contributed by atoms with E-state index in [0.717, 1.165) is 6.42 Å². The van der Waals surface area contributed by atoms with Crippen LogP contribution in [0.1, 0.15) is 26.7 Å². The van der Waals surface area contributed by atoms with Gasteiger partial charge in [-0.3, -0.25) is 4.79 Å². The Morgan fingerprint density at radius 3 is 2.61 bits per heavy atom. The van der Waals surface area contributed by atoms with Gasteiger partial charge >= 0.3 is 6.03 Å². The van der Waals surface area contributed by atoms with Gasteiger partial charge in [0.05, 0.1) is 13.2 Å². The Bertz CT molecular complexity index is 278. The van der Waals surface area contributed by atoms with Gasteiger partial charge in [-0.15, -0.1) is 0 Å². The zero-order valence-corrected chi connectivity index (χ0v) is 11.2. The first-order chi connectivity index (χ1) is 8.63. The van der Waals surface area contributed by atoms with E-state index >= 15 is 0 Å². The van der Waals surface area contributed by atoms with Crippen molar-refractivity contribution in [2.45, 2.75) is 32.7 Å². The van der Waals surface area contributed by atoms with E-state index in [-0.39, 0.29) is 18.0 Å². The van der Waals surface area contributed by atoms with Crippen LogP contribution < -0.4 is 10.6 Å². The Labute approximate surface area is 108 Å². The summed E-state index contributed by atoms with van der Waals surface area (Å²) in [6, 6.07) is 0.0714. The maximum Gasteiger partial charge on any atom is 0.317 e. The number of nitrogens with zero attached hydrogens (tertiary/aromatic N) is 1. The zero-order chi connectivity index (χ0) is 13.4. The summed E-state index contributed by atoms with van der Waals surface area (Å²) in [5.41, 5.74) is 0. The van der Waals surface area contributed by atoms with E-state index in [4.69, 9.17) is 4.74 Å². The molecule has 1 unspecified atom stereocenters. The van der Waals surface area contributed by atoms with Crippen molar-refractivity contribution >= 4 is 11.9 Å². The summed E-state index contributed by atoms with van der Waals surface area (Å²) in [6.07, 6.45) is 1.23. The Kier molecular flexibility index (Phi) is 6.49. The molecule has 3 amide bonds. The van der Waals surface area contributed by atoms with Gasteiger partial charge < -0.3 is 20.3 Å². The number of urea groups is 1.